The zero-order chi connectivity index (χ0) is 22.4. The number of nitrogens with one attached hydrogen (secondary N) is 2. The van der Waals surface area contributed by atoms with Gasteiger partial charge in [-0.15, -0.1) is 11.3 Å². The Bertz CT molecular complexity index is 1150. The molecule has 2 amide bonds. The van der Waals surface area contributed by atoms with Crippen molar-refractivity contribution in [2.24, 2.45) is 0 Å². The van der Waals surface area contributed by atoms with Crippen molar-refractivity contribution in [3.63, 3.8) is 0 Å². The summed E-state index contributed by atoms with van der Waals surface area (Å²) < 4.78 is 27.5. The second-order valence-corrected chi connectivity index (χ2v) is 10.4. The lowest BCUT2D eigenvalue weighted by Gasteiger charge is -2.09. The van der Waals surface area contributed by atoms with Crippen molar-refractivity contribution in [2.45, 2.75) is 23.7 Å². The molecule has 31 heavy (non-hydrogen) atoms. The van der Waals surface area contributed by atoms with Gasteiger partial charge in [-0.05, 0) is 30.3 Å². The van der Waals surface area contributed by atoms with Crippen LogP contribution in [-0.4, -0.2) is 48.2 Å². The molecule has 0 fully saturated rings. The summed E-state index contributed by atoms with van der Waals surface area (Å²) in [5, 5.41) is 5.56. The molecule has 164 valence electrons. The van der Waals surface area contributed by atoms with Gasteiger partial charge in [-0.3, -0.25) is 9.59 Å². The van der Waals surface area contributed by atoms with Crippen LogP contribution in [0.3, 0.4) is 0 Å². The van der Waals surface area contributed by atoms with Crippen LogP contribution in [0.15, 0.2) is 59.3 Å². The number of aryl methyl sites for hydroxylation is 1. The highest BCUT2D eigenvalue weighted by Crippen LogP contribution is 2.23. The van der Waals surface area contributed by atoms with E-state index in [9.17, 15) is 18.0 Å². The summed E-state index contributed by atoms with van der Waals surface area (Å²) in [4.78, 5) is 29.3. The fraction of sp³-hybridized carbons (Fsp3) is 0.250. The molecule has 11 heteroatoms. The first-order valence-corrected chi connectivity index (χ1v) is 11.7. The predicted octanol–water partition coefficient (Wildman–Crippen LogP) is 2.15. The third-order valence-corrected chi connectivity index (χ3v) is 7.73. The number of thiophene rings is 1. The second kappa shape index (κ2) is 9.86. The second-order valence-electron chi connectivity index (χ2n) is 6.87. The van der Waals surface area contributed by atoms with Gasteiger partial charge in [0.25, 0.3) is 15.9 Å². The van der Waals surface area contributed by atoms with Gasteiger partial charge in [-0.25, -0.2) is 17.7 Å². The average Bonchev–Trinajstić information content (AvgIpc) is 3.43. The van der Waals surface area contributed by atoms with Crippen molar-refractivity contribution >= 4 is 38.9 Å². The largest absolute Gasteiger partial charge is 0.347 e. The van der Waals surface area contributed by atoms with E-state index in [1.165, 1.54) is 20.2 Å². The predicted molar refractivity (Wildman–Crippen MR) is 118 cm³/mol. The monoisotopic (exact) mass is 461 g/mol. The summed E-state index contributed by atoms with van der Waals surface area (Å²) in [6, 6.07) is 9.85. The van der Waals surface area contributed by atoms with E-state index in [-0.39, 0.29) is 29.0 Å². The number of amides is 2. The number of rotatable bonds is 9. The number of carbonyl (C=O) groups is 2. The Hall–Kier alpha value is -3.02. The molecule has 1 aromatic carbocycles. The normalized spacial score (nSPS) is 11.5. The van der Waals surface area contributed by atoms with E-state index in [1.54, 1.807) is 49.1 Å². The first-order chi connectivity index (χ1) is 14.8. The van der Waals surface area contributed by atoms with Crippen molar-refractivity contribution in [3.8, 4) is 0 Å². The highest BCUT2D eigenvalue weighted by Gasteiger charge is 2.19. The molecule has 0 aliphatic heterocycles. The molecule has 0 radical (unpaired) electrons. The molecular weight excluding hydrogens is 438 g/mol. The summed E-state index contributed by atoms with van der Waals surface area (Å²) in [6.07, 6.45) is 5.36. The molecule has 0 spiro atoms. The van der Waals surface area contributed by atoms with Gasteiger partial charge in [0.1, 0.15) is 4.21 Å². The van der Waals surface area contributed by atoms with Gasteiger partial charge in [-0.2, -0.15) is 0 Å². The number of nitrogens with zero attached hydrogens (tertiary/aromatic N) is 3. The molecule has 2 N–H and O–H groups in total. The highest BCUT2D eigenvalue weighted by molar-refractivity contribution is 7.91. The van der Waals surface area contributed by atoms with E-state index in [1.807, 2.05) is 4.57 Å². The van der Waals surface area contributed by atoms with E-state index in [4.69, 9.17) is 0 Å². The lowest BCUT2D eigenvalue weighted by atomic mass is 10.2. The summed E-state index contributed by atoms with van der Waals surface area (Å²) in [7, 11) is -0.545. The minimum Gasteiger partial charge on any atom is -0.347 e. The molecule has 3 aromatic rings. The number of carbonyl (C=O) groups excluding carboxylic acids is 2. The molecule has 3 rings (SSSR count). The SMILES string of the molecule is CN(C)S(=O)(=O)c1ccc(CNC(=O)c2cccc(NC(=O)CCn3ccnc3)c2)s1. The summed E-state index contributed by atoms with van der Waals surface area (Å²) in [6.45, 7) is 0.715. The van der Waals surface area contributed by atoms with Crippen molar-refractivity contribution in [3.05, 3.63) is 65.6 Å². The van der Waals surface area contributed by atoms with Gasteiger partial charge < -0.3 is 15.2 Å². The zero-order valence-corrected chi connectivity index (χ0v) is 18.7. The lowest BCUT2D eigenvalue weighted by molar-refractivity contribution is -0.116. The van der Waals surface area contributed by atoms with Crippen molar-refractivity contribution in [1.29, 1.82) is 0 Å². The molecule has 0 aliphatic carbocycles. The van der Waals surface area contributed by atoms with E-state index < -0.39 is 10.0 Å². The van der Waals surface area contributed by atoms with Crippen LogP contribution in [0.1, 0.15) is 21.7 Å². The fourth-order valence-electron chi connectivity index (χ4n) is 2.65. The van der Waals surface area contributed by atoms with Gasteiger partial charge in [-0.1, -0.05) is 6.07 Å². The van der Waals surface area contributed by atoms with Crippen LogP contribution in [0.4, 0.5) is 5.69 Å². The molecule has 2 heterocycles. The van der Waals surface area contributed by atoms with Gasteiger partial charge in [0.2, 0.25) is 5.91 Å². The van der Waals surface area contributed by atoms with Crippen molar-refractivity contribution in [2.75, 3.05) is 19.4 Å². The molecule has 0 atom stereocenters. The quantitative estimate of drug-likeness (QED) is 0.507. The van der Waals surface area contributed by atoms with Crippen LogP contribution in [-0.2, 0) is 27.9 Å². The van der Waals surface area contributed by atoms with Crippen molar-refractivity contribution < 1.29 is 18.0 Å². The zero-order valence-electron chi connectivity index (χ0n) is 17.1. The van der Waals surface area contributed by atoms with Gasteiger partial charge in [0.05, 0.1) is 12.9 Å². The lowest BCUT2D eigenvalue weighted by Crippen LogP contribution is -2.22. The summed E-state index contributed by atoms with van der Waals surface area (Å²) in [5.74, 6) is -0.487. The Balaban J connectivity index is 1.55. The Morgan fingerprint density at radius 2 is 2.00 bits per heavy atom. The number of sulfonamides is 1. The van der Waals surface area contributed by atoms with Crippen molar-refractivity contribution in [1.82, 2.24) is 19.2 Å². The standard InChI is InChI=1S/C20H23N5O4S2/c1-24(2)31(28,29)19-7-6-17(30-19)13-22-20(27)15-4-3-5-16(12-15)23-18(26)8-10-25-11-9-21-14-25/h3-7,9,11-12,14H,8,10,13H2,1-2H3,(H,22,27)(H,23,26). The van der Waals surface area contributed by atoms with Gasteiger partial charge >= 0.3 is 0 Å². The molecule has 0 saturated heterocycles. The van der Waals surface area contributed by atoms with Crippen LogP contribution in [0.5, 0.6) is 0 Å². The molecule has 2 aromatic heterocycles. The Morgan fingerprint density at radius 1 is 1.19 bits per heavy atom. The number of aromatic nitrogens is 2. The Kier molecular flexibility index (Phi) is 7.21. The average molecular weight is 462 g/mol. The maximum atomic E-state index is 12.5. The van der Waals surface area contributed by atoms with E-state index in [2.05, 4.69) is 15.6 Å². The molecular formula is C20H23N5O4S2. The van der Waals surface area contributed by atoms with Crippen LogP contribution >= 0.6 is 11.3 Å². The topological polar surface area (TPSA) is 113 Å². The van der Waals surface area contributed by atoms with Crippen LogP contribution in [0.2, 0.25) is 0 Å². The third kappa shape index (κ3) is 6.00. The third-order valence-electron chi connectivity index (χ3n) is 4.36. The van der Waals surface area contributed by atoms with Crippen LogP contribution in [0, 0.1) is 0 Å². The number of hydrogen-bond acceptors (Lipinski definition) is 6. The minimum absolute atomic E-state index is 0.167. The van der Waals surface area contributed by atoms with Crippen LogP contribution in [0.25, 0.3) is 0 Å². The smallest absolute Gasteiger partial charge is 0.252 e. The number of hydrogen-bond donors (Lipinski definition) is 2. The molecule has 0 unspecified atom stereocenters. The van der Waals surface area contributed by atoms with E-state index in [0.29, 0.717) is 17.8 Å². The molecule has 9 nitrogen and oxygen atoms in total. The highest BCUT2D eigenvalue weighted by atomic mass is 32.2. The number of imidazole rings is 1. The molecule has 0 saturated carbocycles. The fourth-order valence-corrected chi connectivity index (χ4v) is 5.12. The number of anilines is 1. The van der Waals surface area contributed by atoms with Gasteiger partial charge in [0, 0.05) is 55.6 Å². The molecule has 0 bridgehead atoms. The Morgan fingerprint density at radius 3 is 2.71 bits per heavy atom. The first-order valence-electron chi connectivity index (χ1n) is 9.41. The van der Waals surface area contributed by atoms with Crippen LogP contribution < -0.4 is 10.6 Å². The summed E-state index contributed by atoms with van der Waals surface area (Å²) >= 11 is 1.11. The minimum atomic E-state index is -3.49. The maximum Gasteiger partial charge on any atom is 0.252 e. The Labute approximate surface area is 184 Å². The summed E-state index contributed by atoms with van der Waals surface area (Å²) in [5.41, 5.74) is 0.920. The van der Waals surface area contributed by atoms with Gasteiger partial charge in [0.15, 0.2) is 0 Å². The van der Waals surface area contributed by atoms with E-state index >= 15 is 0 Å². The number of benzene rings is 1. The molecule has 0 aliphatic rings. The maximum absolute atomic E-state index is 12.5. The van der Waals surface area contributed by atoms with E-state index in [0.717, 1.165) is 20.5 Å². The first kappa shape index (κ1) is 22.7.